The first-order valence-electron chi connectivity index (χ1n) is 7.62. The minimum absolute atomic E-state index is 0.241. The Morgan fingerprint density at radius 3 is 2.44 bits per heavy atom. The van der Waals surface area contributed by atoms with E-state index in [1.807, 2.05) is 0 Å². The molecule has 0 aliphatic heterocycles. The van der Waals surface area contributed by atoms with E-state index in [0.717, 1.165) is 0 Å². The maximum absolute atomic E-state index is 12.1. The number of rotatable bonds is 4. The SMILES string of the molecule is CCOC(=O)Nc1cccc(C(=O)NNC(=O)c2cc(C)oc2C)c1. The summed E-state index contributed by atoms with van der Waals surface area (Å²) in [5.74, 6) is 0.0545. The van der Waals surface area contributed by atoms with Crippen molar-refractivity contribution in [3.8, 4) is 0 Å². The highest BCUT2D eigenvalue weighted by atomic mass is 16.5. The summed E-state index contributed by atoms with van der Waals surface area (Å²) in [6.07, 6.45) is -0.612. The van der Waals surface area contributed by atoms with Gasteiger partial charge in [0.25, 0.3) is 11.8 Å². The summed E-state index contributed by atoms with van der Waals surface area (Å²) in [5, 5.41) is 2.50. The zero-order valence-corrected chi connectivity index (χ0v) is 14.1. The number of furan rings is 1. The summed E-state index contributed by atoms with van der Waals surface area (Å²) in [4.78, 5) is 35.6. The molecule has 0 atom stereocenters. The van der Waals surface area contributed by atoms with Crippen molar-refractivity contribution in [3.63, 3.8) is 0 Å². The topological polar surface area (TPSA) is 110 Å². The van der Waals surface area contributed by atoms with Crippen LogP contribution in [0.25, 0.3) is 0 Å². The smallest absolute Gasteiger partial charge is 0.411 e. The third-order valence-corrected chi connectivity index (χ3v) is 3.22. The molecule has 0 saturated carbocycles. The summed E-state index contributed by atoms with van der Waals surface area (Å²) in [7, 11) is 0. The summed E-state index contributed by atoms with van der Waals surface area (Å²) in [6, 6.07) is 7.81. The number of anilines is 1. The monoisotopic (exact) mass is 345 g/mol. The van der Waals surface area contributed by atoms with Crippen LogP contribution in [0.1, 0.15) is 39.2 Å². The number of carbonyl (C=O) groups is 3. The lowest BCUT2D eigenvalue weighted by atomic mass is 10.2. The molecule has 0 bridgehead atoms. The van der Waals surface area contributed by atoms with Crippen LogP contribution in [0.5, 0.6) is 0 Å². The van der Waals surface area contributed by atoms with Gasteiger partial charge in [0.1, 0.15) is 11.5 Å². The van der Waals surface area contributed by atoms with Gasteiger partial charge in [0.05, 0.1) is 12.2 Å². The lowest BCUT2D eigenvalue weighted by Crippen LogP contribution is -2.41. The molecule has 0 fully saturated rings. The highest BCUT2D eigenvalue weighted by Gasteiger charge is 2.15. The first-order chi connectivity index (χ1) is 11.9. The number of hydrogen-bond acceptors (Lipinski definition) is 5. The van der Waals surface area contributed by atoms with E-state index in [0.29, 0.717) is 22.8 Å². The van der Waals surface area contributed by atoms with Crippen molar-refractivity contribution >= 4 is 23.6 Å². The number of nitrogens with one attached hydrogen (secondary N) is 3. The Morgan fingerprint density at radius 2 is 1.80 bits per heavy atom. The number of amides is 3. The van der Waals surface area contributed by atoms with E-state index in [4.69, 9.17) is 9.15 Å². The molecule has 1 heterocycles. The van der Waals surface area contributed by atoms with Crippen molar-refractivity contribution < 1.29 is 23.5 Å². The van der Waals surface area contributed by atoms with Gasteiger partial charge in [-0.15, -0.1) is 0 Å². The van der Waals surface area contributed by atoms with Gasteiger partial charge in [-0.25, -0.2) is 4.79 Å². The van der Waals surface area contributed by atoms with Crippen LogP contribution in [0, 0.1) is 13.8 Å². The van der Waals surface area contributed by atoms with Crippen LogP contribution < -0.4 is 16.2 Å². The van der Waals surface area contributed by atoms with Gasteiger partial charge in [0, 0.05) is 11.3 Å². The fourth-order valence-electron chi connectivity index (χ4n) is 2.13. The normalized spacial score (nSPS) is 10.0. The third-order valence-electron chi connectivity index (χ3n) is 3.22. The molecular formula is C17H19N3O5. The average Bonchev–Trinajstić information content (AvgIpc) is 2.91. The molecule has 1 aromatic heterocycles. The van der Waals surface area contributed by atoms with Gasteiger partial charge < -0.3 is 9.15 Å². The molecule has 3 amide bonds. The standard InChI is InChI=1S/C17H19N3O5/c1-4-24-17(23)18-13-7-5-6-12(9-13)15(21)19-20-16(22)14-8-10(2)25-11(14)3/h5-9H,4H2,1-3H3,(H,18,23)(H,19,21)(H,20,22). The second kappa shape index (κ2) is 8.00. The first kappa shape index (κ1) is 18.1. The fourth-order valence-corrected chi connectivity index (χ4v) is 2.13. The van der Waals surface area contributed by atoms with Crippen LogP contribution in [0.4, 0.5) is 10.5 Å². The van der Waals surface area contributed by atoms with Crippen molar-refractivity contribution in [3.05, 3.63) is 53.0 Å². The van der Waals surface area contributed by atoms with Crippen LogP contribution in [0.3, 0.4) is 0 Å². The Morgan fingerprint density at radius 1 is 1.08 bits per heavy atom. The van der Waals surface area contributed by atoms with Gasteiger partial charge in [-0.3, -0.25) is 25.8 Å². The fraction of sp³-hybridized carbons (Fsp3) is 0.235. The highest BCUT2D eigenvalue weighted by molar-refractivity contribution is 6.00. The number of carbonyl (C=O) groups excluding carboxylic acids is 3. The van der Waals surface area contributed by atoms with E-state index in [1.165, 1.54) is 6.07 Å². The van der Waals surface area contributed by atoms with Crippen LogP contribution >= 0.6 is 0 Å². The molecule has 2 rings (SSSR count). The molecule has 0 saturated heterocycles. The van der Waals surface area contributed by atoms with E-state index in [1.54, 1.807) is 45.0 Å². The molecule has 3 N–H and O–H groups in total. The summed E-state index contributed by atoms with van der Waals surface area (Å²) < 4.78 is 10.0. The highest BCUT2D eigenvalue weighted by Crippen LogP contribution is 2.13. The molecule has 8 nitrogen and oxygen atoms in total. The van der Waals surface area contributed by atoms with E-state index >= 15 is 0 Å². The van der Waals surface area contributed by atoms with E-state index in [9.17, 15) is 14.4 Å². The number of hydrazine groups is 1. The van der Waals surface area contributed by atoms with E-state index < -0.39 is 17.9 Å². The minimum atomic E-state index is -0.612. The van der Waals surface area contributed by atoms with Crippen molar-refractivity contribution in [1.82, 2.24) is 10.9 Å². The molecule has 0 aliphatic rings. The largest absolute Gasteiger partial charge is 0.466 e. The summed E-state index contributed by atoms with van der Waals surface area (Å²) >= 11 is 0. The molecule has 25 heavy (non-hydrogen) atoms. The molecule has 132 valence electrons. The number of benzene rings is 1. The number of hydrogen-bond donors (Lipinski definition) is 3. The van der Waals surface area contributed by atoms with Gasteiger partial charge in [-0.2, -0.15) is 0 Å². The Balaban J connectivity index is 1.97. The van der Waals surface area contributed by atoms with E-state index in [2.05, 4.69) is 16.2 Å². The average molecular weight is 345 g/mol. The van der Waals surface area contributed by atoms with Gasteiger partial charge in [-0.1, -0.05) is 6.07 Å². The quantitative estimate of drug-likeness (QED) is 0.738. The van der Waals surface area contributed by atoms with Crippen LogP contribution in [-0.2, 0) is 4.74 Å². The zero-order valence-electron chi connectivity index (χ0n) is 14.1. The Labute approximate surface area is 144 Å². The Hall–Kier alpha value is -3.29. The summed E-state index contributed by atoms with van der Waals surface area (Å²) in [5.41, 5.74) is 5.64. The van der Waals surface area contributed by atoms with Crippen LogP contribution in [0.2, 0.25) is 0 Å². The maximum Gasteiger partial charge on any atom is 0.411 e. The predicted molar refractivity (Wildman–Crippen MR) is 90.2 cm³/mol. The predicted octanol–water partition coefficient (Wildman–Crippen LogP) is 2.54. The van der Waals surface area contributed by atoms with Gasteiger partial charge in [0.15, 0.2) is 0 Å². The van der Waals surface area contributed by atoms with Crippen LogP contribution in [-0.4, -0.2) is 24.5 Å². The molecule has 1 aromatic carbocycles. The second-order valence-electron chi connectivity index (χ2n) is 5.16. The second-order valence-corrected chi connectivity index (χ2v) is 5.16. The lowest BCUT2D eigenvalue weighted by Gasteiger charge is -2.09. The molecule has 0 spiro atoms. The summed E-state index contributed by atoms with van der Waals surface area (Å²) in [6.45, 7) is 5.32. The van der Waals surface area contributed by atoms with Crippen molar-refractivity contribution in [2.75, 3.05) is 11.9 Å². The molecule has 0 radical (unpaired) electrons. The van der Waals surface area contributed by atoms with Gasteiger partial charge in [0.2, 0.25) is 0 Å². The maximum atomic E-state index is 12.1. The molecule has 0 aliphatic carbocycles. The zero-order chi connectivity index (χ0) is 18.4. The number of ether oxygens (including phenoxy) is 1. The van der Waals surface area contributed by atoms with Crippen LogP contribution in [0.15, 0.2) is 34.7 Å². The minimum Gasteiger partial charge on any atom is -0.466 e. The van der Waals surface area contributed by atoms with Crippen molar-refractivity contribution in [2.24, 2.45) is 0 Å². The van der Waals surface area contributed by atoms with Gasteiger partial charge >= 0.3 is 6.09 Å². The number of aryl methyl sites for hydroxylation is 2. The van der Waals surface area contributed by atoms with E-state index in [-0.39, 0.29) is 12.2 Å². The molecule has 0 unspecified atom stereocenters. The Bertz CT molecular complexity index is 797. The molecule has 8 heteroatoms. The first-order valence-corrected chi connectivity index (χ1v) is 7.62. The van der Waals surface area contributed by atoms with Crippen molar-refractivity contribution in [2.45, 2.75) is 20.8 Å². The third kappa shape index (κ3) is 4.84. The van der Waals surface area contributed by atoms with Crippen molar-refractivity contribution in [1.29, 1.82) is 0 Å². The Kier molecular flexibility index (Phi) is 5.78. The van der Waals surface area contributed by atoms with Gasteiger partial charge in [-0.05, 0) is 45.0 Å². The lowest BCUT2D eigenvalue weighted by molar-refractivity contribution is 0.0845. The molecule has 2 aromatic rings. The molecular weight excluding hydrogens is 326 g/mol.